The second kappa shape index (κ2) is 6.40. The Kier molecular flexibility index (Phi) is 4.81. The third-order valence-electron chi connectivity index (χ3n) is 4.83. The molecule has 1 saturated carbocycles. The summed E-state index contributed by atoms with van der Waals surface area (Å²) in [6.07, 6.45) is 2.58. The molecule has 0 aliphatic heterocycles. The fraction of sp³-hybridized carbons (Fsp3) is 0.588. The van der Waals surface area contributed by atoms with Crippen molar-refractivity contribution in [2.24, 2.45) is 11.3 Å². The molecule has 0 aromatic heterocycles. The summed E-state index contributed by atoms with van der Waals surface area (Å²) in [5.41, 5.74) is 0.812. The number of nitrogens with one attached hydrogen (secondary N) is 1. The van der Waals surface area contributed by atoms with Gasteiger partial charge in [-0.25, -0.2) is 0 Å². The van der Waals surface area contributed by atoms with Crippen LogP contribution in [0.3, 0.4) is 0 Å². The van der Waals surface area contributed by atoms with Gasteiger partial charge in [0.25, 0.3) is 0 Å². The fourth-order valence-corrected chi connectivity index (χ4v) is 2.96. The number of carbonyl (C=O) groups is 1. The first-order valence-corrected chi connectivity index (χ1v) is 7.62. The highest BCUT2D eigenvalue weighted by Gasteiger charge is 2.39. The van der Waals surface area contributed by atoms with E-state index < -0.39 is 11.4 Å². The Morgan fingerprint density at radius 1 is 1.30 bits per heavy atom. The highest BCUT2D eigenvalue weighted by atomic mass is 16.4. The van der Waals surface area contributed by atoms with Crippen molar-refractivity contribution in [3.63, 3.8) is 0 Å². The molecule has 0 bridgehead atoms. The van der Waals surface area contributed by atoms with Gasteiger partial charge in [-0.15, -0.1) is 0 Å². The van der Waals surface area contributed by atoms with Crippen LogP contribution in [0.2, 0.25) is 0 Å². The first-order valence-electron chi connectivity index (χ1n) is 7.62. The lowest BCUT2D eigenvalue weighted by molar-refractivity contribution is -0.149. The Bertz CT molecular complexity index is 440. The molecule has 1 aromatic carbocycles. The predicted octanol–water partition coefficient (Wildman–Crippen LogP) is 3.27. The van der Waals surface area contributed by atoms with Gasteiger partial charge in [-0.1, -0.05) is 44.2 Å². The van der Waals surface area contributed by atoms with Crippen LogP contribution in [0.4, 0.5) is 0 Å². The smallest absolute Gasteiger partial charge is 0.310 e. The van der Waals surface area contributed by atoms with Gasteiger partial charge in [-0.05, 0) is 43.2 Å². The maximum atomic E-state index is 11.4. The van der Waals surface area contributed by atoms with Crippen molar-refractivity contribution in [1.29, 1.82) is 0 Å². The Balaban J connectivity index is 1.79. The summed E-state index contributed by atoms with van der Waals surface area (Å²) in [4.78, 5) is 11.4. The van der Waals surface area contributed by atoms with Gasteiger partial charge in [-0.2, -0.15) is 0 Å². The molecule has 1 aromatic rings. The van der Waals surface area contributed by atoms with Crippen LogP contribution in [0.1, 0.15) is 44.6 Å². The predicted molar refractivity (Wildman–Crippen MR) is 80.8 cm³/mol. The van der Waals surface area contributed by atoms with E-state index in [1.54, 1.807) is 0 Å². The van der Waals surface area contributed by atoms with Crippen LogP contribution in [-0.2, 0) is 4.79 Å². The largest absolute Gasteiger partial charge is 0.481 e. The lowest BCUT2D eigenvalue weighted by atomic mass is 9.82. The molecule has 2 atom stereocenters. The van der Waals surface area contributed by atoms with Gasteiger partial charge in [0.2, 0.25) is 0 Å². The highest BCUT2D eigenvalue weighted by molar-refractivity contribution is 5.74. The van der Waals surface area contributed by atoms with E-state index in [0.717, 1.165) is 6.54 Å². The SMILES string of the molecule is CCC(CC)(CNCC1CC1c1ccccc1)C(=O)O. The zero-order valence-electron chi connectivity index (χ0n) is 12.4. The average molecular weight is 275 g/mol. The van der Waals surface area contributed by atoms with E-state index in [0.29, 0.717) is 31.2 Å². The van der Waals surface area contributed by atoms with Gasteiger partial charge in [-0.3, -0.25) is 4.79 Å². The van der Waals surface area contributed by atoms with Crippen LogP contribution in [0.5, 0.6) is 0 Å². The van der Waals surface area contributed by atoms with Crippen LogP contribution in [0.15, 0.2) is 30.3 Å². The number of rotatable bonds is 8. The van der Waals surface area contributed by atoms with Gasteiger partial charge in [0.15, 0.2) is 0 Å². The summed E-state index contributed by atoms with van der Waals surface area (Å²) in [7, 11) is 0. The first-order chi connectivity index (χ1) is 9.63. The summed E-state index contributed by atoms with van der Waals surface area (Å²) < 4.78 is 0. The van der Waals surface area contributed by atoms with Crippen LogP contribution in [-0.4, -0.2) is 24.2 Å². The van der Waals surface area contributed by atoms with Crippen molar-refractivity contribution < 1.29 is 9.90 Å². The standard InChI is InChI=1S/C17H25NO2/c1-3-17(4-2,16(19)20)12-18-11-14-10-15(14)13-8-6-5-7-9-13/h5-9,14-15,18H,3-4,10-12H2,1-2H3,(H,19,20). The monoisotopic (exact) mass is 275 g/mol. The molecule has 2 rings (SSSR count). The molecule has 20 heavy (non-hydrogen) atoms. The number of carboxylic acid groups (broad SMARTS) is 1. The van der Waals surface area contributed by atoms with Gasteiger partial charge < -0.3 is 10.4 Å². The van der Waals surface area contributed by atoms with Crippen LogP contribution >= 0.6 is 0 Å². The minimum Gasteiger partial charge on any atom is -0.481 e. The van der Waals surface area contributed by atoms with E-state index >= 15 is 0 Å². The molecule has 0 radical (unpaired) electrons. The third kappa shape index (κ3) is 3.21. The second-order valence-electron chi connectivity index (χ2n) is 5.94. The van der Waals surface area contributed by atoms with Crippen LogP contribution in [0, 0.1) is 11.3 Å². The van der Waals surface area contributed by atoms with E-state index in [9.17, 15) is 9.90 Å². The zero-order valence-corrected chi connectivity index (χ0v) is 12.4. The van der Waals surface area contributed by atoms with Gasteiger partial charge >= 0.3 is 5.97 Å². The lowest BCUT2D eigenvalue weighted by Crippen LogP contribution is -2.40. The summed E-state index contributed by atoms with van der Waals surface area (Å²) >= 11 is 0. The van der Waals surface area contributed by atoms with E-state index in [2.05, 4.69) is 29.6 Å². The van der Waals surface area contributed by atoms with Crippen molar-refractivity contribution in [3.8, 4) is 0 Å². The first kappa shape index (κ1) is 15.0. The van der Waals surface area contributed by atoms with Gasteiger partial charge in [0, 0.05) is 6.54 Å². The summed E-state index contributed by atoms with van der Waals surface area (Å²) in [6.45, 7) is 5.42. The number of benzene rings is 1. The summed E-state index contributed by atoms with van der Waals surface area (Å²) in [6, 6.07) is 10.6. The molecule has 0 spiro atoms. The Labute approximate surface area is 121 Å². The maximum absolute atomic E-state index is 11.4. The number of hydrogen-bond donors (Lipinski definition) is 2. The van der Waals surface area contributed by atoms with E-state index in [4.69, 9.17) is 0 Å². The van der Waals surface area contributed by atoms with Crippen molar-refractivity contribution >= 4 is 5.97 Å². The van der Waals surface area contributed by atoms with E-state index in [1.165, 1.54) is 12.0 Å². The molecule has 0 heterocycles. The lowest BCUT2D eigenvalue weighted by Gasteiger charge is -2.27. The Morgan fingerprint density at radius 3 is 2.50 bits per heavy atom. The number of carboxylic acids is 1. The molecule has 1 fully saturated rings. The highest BCUT2D eigenvalue weighted by Crippen LogP contribution is 2.46. The molecule has 2 unspecified atom stereocenters. The van der Waals surface area contributed by atoms with Crippen molar-refractivity contribution in [2.75, 3.05) is 13.1 Å². The van der Waals surface area contributed by atoms with Crippen molar-refractivity contribution in [2.45, 2.75) is 39.0 Å². The van der Waals surface area contributed by atoms with Crippen molar-refractivity contribution in [1.82, 2.24) is 5.32 Å². The van der Waals surface area contributed by atoms with Crippen molar-refractivity contribution in [3.05, 3.63) is 35.9 Å². The average Bonchev–Trinajstić information content (AvgIpc) is 3.24. The minimum atomic E-state index is -0.676. The van der Waals surface area contributed by atoms with Crippen LogP contribution < -0.4 is 5.32 Å². The summed E-state index contributed by atoms with van der Waals surface area (Å²) in [5.74, 6) is 0.647. The topological polar surface area (TPSA) is 49.3 Å². The summed E-state index contributed by atoms with van der Waals surface area (Å²) in [5, 5.41) is 12.8. The van der Waals surface area contributed by atoms with Gasteiger partial charge in [0.05, 0.1) is 5.41 Å². The molecular formula is C17H25NO2. The molecule has 1 aliphatic rings. The fourth-order valence-electron chi connectivity index (χ4n) is 2.96. The molecule has 2 N–H and O–H groups in total. The molecule has 0 amide bonds. The molecule has 110 valence electrons. The normalized spacial score (nSPS) is 21.7. The van der Waals surface area contributed by atoms with Gasteiger partial charge in [0.1, 0.15) is 0 Å². The third-order valence-corrected chi connectivity index (χ3v) is 4.83. The Morgan fingerprint density at radius 2 is 1.95 bits per heavy atom. The molecular weight excluding hydrogens is 250 g/mol. The molecule has 3 nitrogen and oxygen atoms in total. The number of aliphatic carboxylic acids is 1. The van der Waals surface area contributed by atoms with Crippen LogP contribution in [0.25, 0.3) is 0 Å². The number of hydrogen-bond acceptors (Lipinski definition) is 2. The maximum Gasteiger partial charge on any atom is 0.310 e. The molecule has 0 saturated heterocycles. The Hall–Kier alpha value is -1.35. The molecule has 1 aliphatic carbocycles. The second-order valence-corrected chi connectivity index (χ2v) is 5.94. The van der Waals surface area contributed by atoms with E-state index in [1.807, 2.05) is 19.9 Å². The quantitative estimate of drug-likeness (QED) is 0.765. The zero-order chi connectivity index (χ0) is 14.6. The molecule has 3 heteroatoms. The van der Waals surface area contributed by atoms with E-state index in [-0.39, 0.29) is 0 Å². The minimum absolute atomic E-state index is 0.577.